The molecule has 132 valence electrons. The average molecular weight is 351 g/mol. The van der Waals surface area contributed by atoms with Crippen LogP contribution >= 0.6 is 0 Å². The van der Waals surface area contributed by atoms with Gasteiger partial charge in [0.1, 0.15) is 17.4 Å². The van der Waals surface area contributed by atoms with Gasteiger partial charge in [0.15, 0.2) is 6.61 Å². The maximum absolute atomic E-state index is 13.2. The number of benzene rings is 2. The maximum Gasteiger partial charge on any atom is 0.262 e. The molecule has 2 N–H and O–H groups in total. The number of nitrogens with zero attached hydrogens (tertiary/aromatic N) is 1. The Balaban J connectivity index is 1.51. The van der Waals surface area contributed by atoms with Crippen LogP contribution in [0.5, 0.6) is 5.75 Å². The Bertz CT molecular complexity index is 880. The third kappa shape index (κ3) is 5.04. The van der Waals surface area contributed by atoms with Crippen molar-refractivity contribution < 1.29 is 13.9 Å². The first-order valence-electron chi connectivity index (χ1n) is 8.06. The summed E-state index contributed by atoms with van der Waals surface area (Å²) in [6.07, 6.45) is 1.52. The van der Waals surface area contributed by atoms with Gasteiger partial charge in [0, 0.05) is 5.69 Å². The Morgan fingerprint density at radius 3 is 2.58 bits per heavy atom. The predicted molar refractivity (Wildman–Crippen MR) is 99.2 cm³/mol. The molecule has 0 fully saturated rings. The summed E-state index contributed by atoms with van der Waals surface area (Å²) in [4.78, 5) is 16.1. The number of pyridine rings is 1. The maximum atomic E-state index is 13.2. The van der Waals surface area contributed by atoms with Crippen LogP contribution in [0.4, 0.5) is 21.6 Å². The van der Waals surface area contributed by atoms with Crippen molar-refractivity contribution in [2.45, 2.75) is 6.92 Å². The lowest BCUT2D eigenvalue weighted by Gasteiger charge is -2.09. The second-order valence-electron chi connectivity index (χ2n) is 5.72. The summed E-state index contributed by atoms with van der Waals surface area (Å²) in [7, 11) is 0. The van der Waals surface area contributed by atoms with Crippen LogP contribution in [0.3, 0.4) is 0 Å². The van der Waals surface area contributed by atoms with Gasteiger partial charge < -0.3 is 15.4 Å². The Morgan fingerprint density at radius 2 is 1.88 bits per heavy atom. The van der Waals surface area contributed by atoms with Crippen molar-refractivity contribution in [1.82, 2.24) is 4.98 Å². The van der Waals surface area contributed by atoms with Crippen LogP contribution in [0, 0.1) is 12.7 Å². The molecule has 0 bridgehead atoms. The van der Waals surface area contributed by atoms with Crippen LogP contribution in [0.2, 0.25) is 0 Å². The molecule has 5 nitrogen and oxygen atoms in total. The minimum Gasteiger partial charge on any atom is -0.484 e. The fourth-order valence-electron chi connectivity index (χ4n) is 2.24. The topological polar surface area (TPSA) is 63.2 Å². The molecule has 0 radical (unpaired) electrons. The van der Waals surface area contributed by atoms with E-state index >= 15 is 0 Å². The van der Waals surface area contributed by atoms with Crippen LogP contribution in [-0.2, 0) is 4.79 Å². The van der Waals surface area contributed by atoms with Crippen molar-refractivity contribution in [3.63, 3.8) is 0 Å². The number of aryl methyl sites for hydroxylation is 1. The SMILES string of the molecule is Cc1ccc(OCC(=O)Nc2ccc(Nc3cccc(F)c3)nc2)cc1. The number of nitrogens with one attached hydrogen (secondary N) is 2. The molecule has 1 heterocycles. The lowest BCUT2D eigenvalue weighted by Crippen LogP contribution is -2.20. The van der Waals surface area contributed by atoms with E-state index < -0.39 is 0 Å². The Labute approximate surface area is 150 Å². The molecule has 26 heavy (non-hydrogen) atoms. The van der Waals surface area contributed by atoms with Gasteiger partial charge in [-0.1, -0.05) is 23.8 Å². The van der Waals surface area contributed by atoms with Crippen LogP contribution in [-0.4, -0.2) is 17.5 Å². The average Bonchev–Trinajstić information content (AvgIpc) is 2.63. The zero-order valence-corrected chi connectivity index (χ0v) is 14.2. The lowest BCUT2D eigenvalue weighted by molar-refractivity contribution is -0.118. The third-order valence-corrected chi connectivity index (χ3v) is 3.54. The summed E-state index contributed by atoms with van der Waals surface area (Å²) in [6, 6.07) is 17.0. The van der Waals surface area contributed by atoms with Crippen molar-refractivity contribution in [3.05, 3.63) is 78.2 Å². The highest BCUT2D eigenvalue weighted by molar-refractivity contribution is 5.91. The molecule has 3 aromatic rings. The molecule has 0 saturated heterocycles. The monoisotopic (exact) mass is 351 g/mol. The number of aromatic nitrogens is 1. The number of carbonyl (C=O) groups excluding carboxylic acids is 1. The molecule has 0 aliphatic heterocycles. The number of halogens is 1. The molecule has 0 spiro atoms. The number of amides is 1. The van der Waals surface area contributed by atoms with Crippen molar-refractivity contribution in [2.75, 3.05) is 17.2 Å². The molecular weight excluding hydrogens is 333 g/mol. The van der Waals surface area contributed by atoms with E-state index in [9.17, 15) is 9.18 Å². The number of carbonyl (C=O) groups is 1. The summed E-state index contributed by atoms with van der Waals surface area (Å²) in [5, 5.41) is 5.70. The first-order valence-corrected chi connectivity index (χ1v) is 8.06. The van der Waals surface area contributed by atoms with E-state index in [0.29, 0.717) is 22.9 Å². The second-order valence-corrected chi connectivity index (χ2v) is 5.72. The Morgan fingerprint density at radius 1 is 1.08 bits per heavy atom. The highest BCUT2D eigenvalue weighted by Crippen LogP contribution is 2.17. The van der Waals surface area contributed by atoms with E-state index in [1.54, 1.807) is 24.3 Å². The normalized spacial score (nSPS) is 10.2. The van der Waals surface area contributed by atoms with Gasteiger partial charge in [-0.2, -0.15) is 0 Å². The molecule has 0 atom stereocenters. The predicted octanol–water partition coefficient (Wildman–Crippen LogP) is 4.29. The van der Waals surface area contributed by atoms with Crippen molar-refractivity contribution in [3.8, 4) is 5.75 Å². The largest absolute Gasteiger partial charge is 0.484 e. The molecule has 3 rings (SSSR count). The van der Waals surface area contributed by atoms with Gasteiger partial charge in [0.2, 0.25) is 0 Å². The minimum absolute atomic E-state index is 0.0909. The number of rotatable bonds is 6. The Kier molecular flexibility index (Phi) is 5.43. The van der Waals surface area contributed by atoms with E-state index in [1.165, 1.54) is 18.3 Å². The van der Waals surface area contributed by atoms with Gasteiger partial charge in [0.05, 0.1) is 11.9 Å². The van der Waals surface area contributed by atoms with Crippen LogP contribution < -0.4 is 15.4 Å². The first kappa shape index (κ1) is 17.4. The molecule has 0 saturated carbocycles. The highest BCUT2D eigenvalue weighted by atomic mass is 19.1. The van der Waals surface area contributed by atoms with E-state index in [0.717, 1.165) is 5.56 Å². The standard InChI is InChI=1S/C20H18FN3O2/c1-14-5-8-18(9-6-14)26-13-20(25)24-17-7-10-19(22-12-17)23-16-4-2-3-15(21)11-16/h2-12H,13H2,1H3,(H,22,23)(H,24,25). The second kappa shape index (κ2) is 8.11. The van der Waals surface area contributed by atoms with Crippen molar-refractivity contribution in [2.24, 2.45) is 0 Å². The van der Waals surface area contributed by atoms with Gasteiger partial charge >= 0.3 is 0 Å². The fraction of sp³-hybridized carbons (Fsp3) is 0.100. The van der Waals surface area contributed by atoms with Gasteiger partial charge in [-0.3, -0.25) is 4.79 Å². The van der Waals surface area contributed by atoms with E-state index in [1.807, 2.05) is 31.2 Å². The van der Waals surface area contributed by atoms with E-state index in [4.69, 9.17) is 4.74 Å². The van der Waals surface area contributed by atoms with Crippen LogP contribution in [0.15, 0.2) is 66.9 Å². The molecule has 1 amide bonds. The molecule has 6 heteroatoms. The summed E-state index contributed by atoms with van der Waals surface area (Å²) < 4.78 is 18.6. The zero-order chi connectivity index (χ0) is 18.4. The number of hydrogen-bond donors (Lipinski definition) is 2. The number of anilines is 3. The smallest absolute Gasteiger partial charge is 0.262 e. The highest BCUT2D eigenvalue weighted by Gasteiger charge is 2.05. The fourth-order valence-corrected chi connectivity index (χ4v) is 2.24. The van der Waals surface area contributed by atoms with Gasteiger partial charge in [-0.15, -0.1) is 0 Å². The minimum atomic E-state index is -0.326. The van der Waals surface area contributed by atoms with Crippen molar-refractivity contribution in [1.29, 1.82) is 0 Å². The van der Waals surface area contributed by atoms with Gasteiger partial charge in [0.25, 0.3) is 5.91 Å². The van der Waals surface area contributed by atoms with Crippen LogP contribution in [0.1, 0.15) is 5.56 Å². The Hall–Kier alpha value is -3.41. The van der Waals surface area contributed by atoms with Gasteiger partial charge in [-0.05, 0) is 49.4 Å². The molecule has 0 aliphatic rings. The van der Waals surface area contributed by atoms with Gasteiger partial charge in [-0.25, -0.2) is 9.37 Å². The van der Waals surface area contributed by atoms with E-state index in [2.05, 4.69) is 15.6 Å². The van der Waals surface area contributed by atoms with Crippen LogP contribution in [0.25, 0.3) is 0 Å². The molecule has 2 aromatic carbocycles. The first-order chi connectivity index (χ1) is 12.6. The summed E-state index contributed by atoms with van der Waals surface area (Å²) in [5.41, 5.74) is 2.27. The summed E-state index contributed by atoms with van der Waals surface area (Å²) >= 11 is 0. The molecule has 1 aromatic heterocycles. The zero-order valence-electron chi connectivity index (χ0n) is 14.2. The summed E-state index contributed by atoms with van der Waals surface area (Å²) in [6.45, 7) is 1.89. The molecule has 0 unspecified atom stereocenters. The quantitative estimate of drug-likeness (QED) is 0.695. The summed E-state index contributed by atoms with van der Waals surface area (Å²) in [5.74, 6) is 0.577. The third-order valence-electron chi connectivity index (χ3n) is 3.54. The van der Waals surface area contributed by atoms with Crippen molar-refractivity contribution >= 4 is 23.1 Å². The molecular formula is C20H18FN3O2. The number of hydrogen-bond acceptors (Lipinski definition) is 4. The number of ether oxygens (including phenoxy) is 1. The van der Waals surface area contributed by atoms with E-state index in [-0.39, 0.29) is 18.3 Å². The molecule has 0 aliphatic carbocycles. The lowest BCUT2D eigenvalue weighted by atomic mass is 10.2.